The molecule has 3 heteroatoms. The molecule has 1 amide bonds. The van der Waals surface area contributed by atoms with Crippen LogP contribution in [0.2, 0.25) is 0 Å². The summed E-state index contributed by atoms with van der Waals surface area (Å²) in [4.78, 5) is 11.6. The molecule has 2 aromatic rings. The predicted molar refractivity (Wildman–Crippen MR) is 100 cm³/mol. The van der Waals surface area contributed by atoms with Gasteiger partial charge in [0.05, 0.1) is 5.69 Å². The highest BCUT2D eigenvalue weighted by molar-refractivity contribution is 5.94. The minimum absolute atomic E-state index is 0. The van der Waals surface area contributed by atoms with Crippen molar-refractivity contribution >= 4 is 11.6 Å². The lowest BCUT2D eigenvalue weighted by Crippen LogP contribution is -2.29. The highest BCUT2D eigenvalue weighted by atomic mass is 16.2. The second-order valence-electron chi connectivity index (χ2n) is 3.31. The second kappa shape index (κ2) is 16.8. The van der Waals surface area contributed by atoms with Gasteiger partial charge in [0.15, 0.2) is 0 Å². The monoisotopic (exact) mass is 304 g/mol. The molecule has 0 radical (unpaired) electrons. The van der Waals surface area contributed by atoms with Crippen molar-refractivity contribution in [3.63, 3.8) is 0 Å². The van der Waals surface area contributed by atoms with Crippen molar-refractivity contribution in [1.82, 2.24) is 5.43 Å². The molecular formula is C19H32N2O. The largest absolute Gasteiger partial charge is 0.298 e. The Morgan fingerprint density at radius 2 is 1.14 bits per heavy atom. The maximum atomic E-state index is 11.6. The molecule has 0 saturated heterocycles. The van der Waals surface area contributed by atoms with Gasteiger partial charge in [-0.05, 0) is 24.3 Å². The normalized spacial score (nSPS) is 7.45. The molecule has 0 aliphatic rings. The standard InChI is InChI=1S/C13H12N2O.2C2H6.2CH4/c16-13(11-7-3-1-4-8-11)15-14-12-9-5-2-6-10-12;2*1-2;;/h1-10,14H,(H,15,16);2*1-2H3;2*1H4. The average molecular weight is 304 g/mol. The van der Waals surface area contributed by atoms with Crippen LogP contribution in [0.25, 0.3) is 0 Å². The van der Waals surface area contributed by atoms with Crippen molar-refractivity contribution in [1.29, 1.82) is 0 Å². The summed E-state index contributed by atoms with van der Waals surface area (Å²) < 4.78 is 0. The van der Waals surface area contributed by atoms with Crippen molar-refractivity contribution in [2.24, 2.45) is 0 Å². The molecule has 0 spiro atoms. The summed E-state index contributed by atoms with van der Waals surface area (Å²) in [5, 5.41) is 0. The van der Waals surface area contributed by atoms with Crippen LogP contribution >= 0.6 is 0 Å². The molecule has 2 N–H and O–H groups in total. The highest BCUT2D eigenvalue weighted by Gasteiger charge is 2.02. The lowest BCUT2D eigenvalue weighted by atomic mass is 10.2. The SMILES string of the molecule is C.C.CC.CC.O=C(NNc1ccccc1)c1ccccc1. The van der Waals surface area contributed by atoms with E-state index in [0.717, 1.165) is 5.69 Å². The fourth-order valence-corrected chi connectivity index (χ4v) is 1.31. The smallest absolute Gasteiger partial charge is 0.269 e. The minimum Gasteiger partial charge on any atom is -0.298 e. The van der Waals surface area contributed by atoms with Crippen LogP contribution in [0.3, 0.4) is 0 Å². The van der Waals surface area contributed by atoms with Crippen LogP contribution in [0.4, 0.5) is 5.69 Å². The Hall–Kier alpha value is -2.29. The van der Waals surface area contributed by atoms with Crippen LogP contribution in [0.1, 0.15) is 52.9 Å². The first-order valence-electron chi connectivity index (χ1n) is 7.03. The molecule has 0 unspecified atom stereocenters. The third-order valence-electron chi connectivity index (χ3n) is 2.13. The van der Waals surface area contributed by atoms with Crippen LogP contribution < -0.4 is 10.9 Å². The quantitative estimate of drug-likeness (QED) is 0.707. The van der Waals surface area contributed by atoms with Gasteiger partial charge in [0.25, 0.3) is 5.91 Å². The van der Waals surface area contributed by atoms with E-state index in [1.54, 1.807) is 12.1 Å². The zero-order valence-corrected chi connectivity index (χ0v) is 12.7. The van der Waals surface area contributed by atoms with Crippen molar-refractivity contribution in [2.45, 2.75) is 42.5 Å². The van der Waals surface area contributed by atoms with Gasteiger partial charge in [-0.15, -0.1) is 0 Å². The topological polar surface area (TPSA) is 41.1 Å². The number of hydrazine groups is 1. The molecule has 0 fully saturated rings. The van der Waals surface area contributed by atoms with Crippen molar-refractivity contribution < 1.29 is 4.79 Å². The van der Waals surface area contributed by atoms with E-state index in [0.29, 0.717) is 5.56 Å². The molecule has 0 atom stereocenters. The zero-order valence-electron chi connectivity index (χ0n) is 12.7. The number of amides is 1. The lowest BCUT2D eigenvalue weighted by Gasteiger charge is -2.07. The summed E-state index contributed by atoms with van der Waals surface area (Å²) in [6, 6.07) is 18.6. The lowest BCUT2D eigenvalue weighted by molar-refractivity contribution is 0.0962. The molecule has 0 heterocycles. The maximum Gasteiger partial charge on any atom is 0.269 e. The van der Waals surface area contributed by atoms with Gasteiger partial charge >= 0.3 is 0 Å². The maximum absolute atomic E-state index is 11.6. The van der Waals surface area contributed by atoms with Crippen LogP contribution in [0.5, 0.6) is 0 Å². The third-order valence-corrected chi connectivity index (χ3v) is 2.13. The number of anilines is 1. The van der Waals surface area contributed by atoms with Crippen LogP contribution in [-0.2, 0) is 0 Å². The molecule has 0 bridgehead atoms. The van der Waals surface area contributed by atoms with Gasteiger partial charge < -0.3 is 0 Å². The summed E-state index contributed by atoms with van der Waals surface area (Å²) in [5.41, 5.74) is 6.95. The predicted octanol–water partition coefficient (Wildman–Crippen LogP) is 5.77. The van der Waals surface area contributed by atoms with E-state index in [1.165, 1.54) is 0 Å². The van der Waals surface area contributed by atoms with Gasteiger partial charge in [0.2, 0.25) is 0 Å². The average Bonchev–Trinajstić information content (AvgIpc) is 2.58. The van der Waals surface area contributed by atoms with Gasteiger partial charge in [-0.3, -0.25) is 15.6 Å². The first-order chi connectivity index (χ1) is 9.86. The third kappa shape index (κ3) is 9.59. The fourth-order valence-electron chi connectivity index (χ4n) is 1.31. The van der Waals surface area contributed by atoms with E-state index in [9.17, 15) is 4.79 Å². The van der Waals surface area contributed by atoms with E-state index in [2.05, 4.69) is 10.9 Å². The molecule has 0 aliphatic carbocycles. The van der Waals surface area contributed by atoms with Crippen molar-refractivity contribution in [3.05, 3.63) is 66.2 Å². The van der Waals surface area contributed by atoms with Gasteiger partial charge in [0, 0.05) is 5.56 Å². The van der Waals surface area contributed by atoms with Crippen molar-refractivity contribution in [3.8, 4) is 0 Å². The Balaban J connectivity index is -0.000000557. The number of benzene rings is 2. The van der Waals surface area contributed by atoms with E-state index in [4.69, 9.17) is 0 Å². The minimum atomic E-state index is -0.149. The highest BCUT2D eigenvalue weighted by Crippen LogP contribution is 2.03. The number of rotatable bonds is 3. The Kier molecular flexibility index (Phi) is 18.8. The summed E-state index contributed by atoms with van der Waals surface area (Å²) in [5.74, 6) is -0.149. The fraction of sp³-hybridized carbons (Fsp3) is 0.316. The molecule has 3 nitrogen and oxygen atoms in total. The van der Waals surface area contributed by atoms with Gasteiger partial charge in [0.1, 0.15) is 0 Å². The molecule has 22 heavy (non-hydrogen) atoms. The number of carbonyl (C=O) groups excluding carboxylic acids is 1. The van der Waals surface area contributed by atoms with Crippen molar-refractivity contribution in [2.75, 3.05) is 5.43 Å². The molecule has 0 aliphatic heterocycles. The Bertz CT molecular complexity index is 455. The Morgan fingerprint density at radius 1 is 0.727 bits per heavy atom. The summed E-state index contributed by atoms with van der Waals surface area (Å²) in [6.45, 7) is 8.00. The second-order valence-corrected chi connectivity index (χ2v) is 3.31. The molecule has 124 valence electrons. The van der Waals surface area contributed by atoms with Crippen LogP contribution in [-0.4, -0.2) is 5.91 Å². The van der Waals surface area contributed by atoms with Gasteiger partial charge in [-0.1, -0.05) is 78.9 Å². The van der Waals surface area contributed by atoms with Gasteiger partial charge in [-0.2, -0.15) is 0 Å². The number of para-hydroxylation sites is 1. The van der Waals surface area contributed by atoms with Crippen LogP contribution in [0.15, 0.2) is 60.7 Å². The first-order valence-corrected chi connectivity index (χ1v) is 7.03. The van der Waals surface area contributed by atoms with E-state index >= 15 is 0 Å². The molecular weight excluding hydrogens is 272 g/mol. The Morgan fingerprint density at radius 3 is 1.59 bits per heavy atom. The van der Waals surface area contributed by atoms with E-state index in [-0.39, 0.29) is 20.8 Å². The number of carbonyl (C=O) groups is 1. The molecule has 2 rings (SSSR count). The Labute approximate surface area is 136 Å². The van der Waals surface area contributed by atoms with E-state index < -0.39 is 0 Å². The summed E-state index contributed by atoms with van der Waals surface area (Å²) in [7, 11) is 0. The van der Waals surface area contributed by atoms with Crippen LogP contribution in [0, 0.1) is 0 Å². The zero-order chi connectivity index (χ0) is 15.2. The number of hydrogen-bond donors (Lipinski definition) is 2. The summed E-state index contributed by atoms with van der Waals surface area (Å²) >= 11 is 0. The van der Waals surface area contributed by atoms with Gasteiger partial charge in [-0.25, -0.2) is 0 Å². The summed E-state index contributed by atoms with van der Waals surface area (Å²) in [6.07, 6.45) is 0. The number of nitrogens with one attached hydrogen (secondary N) is 2. The van der Waals surface area contributed by atoms with E-state index in [1.807, 2.05) is 76.2 Å². The first kappa shape index (κ1) is 24.7. The molecule has 0 aromatic heterocycles. The molecule has 2 aromatic carbocycles. The number of hydrogen-bond acceptors (Lipinski definition) is 2. The molecule has 0 saturated carbocycles.